The fourth-order valence-electron chi connectivity index (χ4n) is 2.23. The number of pyridine rings is 1. The van der Waals surface area contributed by atoms with Crippen molar-refractivity contribution in [1.82, 2.24) is 20.3 Å². The lowest BCUT2D eigenvalue weighted by atomic mass is 10.2. The van der Waals surface area contributed by atoms with Crippen molar-refractivity contribution >= 4 is 27.8 Å². The number of hydrogen-bond donors (Lipinski definition) is 3. The van der Waals surface area contributed by atoms with Gasteiger partial charge in [0, 0.05) is 22.8 Å². The molecule has 1 aromatic carbocycles. The molecule has 0 radical (unpaired) electrons. The Morgan fingerprint density at radius 1 is 1.21 bits per heavy atom. The van der Waals surface area contributed by atoms with Crippen LogP contribution in [-0.2, 0) is 0 Å². The van der Waals surface area contributed by atoms with E-state index in [4.69, 9.17) is 0 Å². The summed E-state index contributed by atoms with van der Waals surface area (Å²) in [6.45, 7) is 2.40. The molecule has 0 bridgehead atoms. The fourth-order valence-corrected chi connectivity index (χ4v) is 2.64. The van der Waals surface area contributed by atoms with Crippen molar-refractivity contribution in [3.05, 3.63) is 53.3 Å². The molecule has 7 heteroatoms. The van der Waals surface area contributed by atoms with Crippen LogP contribution in [0, 0.1) is 0 Å². The van der Waals surface area contributed by atoms with Crippen LogP contribution in [0.3, 0.4) is 0 Å². The molecule has 0 aliphatic rings. The molecule has 0 saturated carbocycles. The summed E-state index contributed by atoms with van der Waals surface area (Å²) in [5.74, 6) is 1.15. The van der Waals surface area contributed by atoms with E-state index < -0.39 is 0 Å². The highest BCUT2D eigenvalue weighted by atomic mass is 79.9. The Hall–Kier alpha value is -2.67. The van der Waals surface area contributed by atoms with E-state index >= 15 is 0 Å². The van der Waals surface area contributed by atoms with Gasteiger partial charge in [-0.3, -0.25) is 5.32 Å². The van der Waals surface area contributed by atoms with E-state index in [1.165, 1.54) is 0 Å². The zero-order valence-corrected chi connectivity index (χ0v) is 14.6. The molecule has 0 unspecified atom stereocenters. The van der Waals surface area contributed by atoms with Gasteiger partial charge in [-0.25, -0.2) is 14.8 Å². The van der Waals surface area contributed by atoms with Crippen LogP contribution >= 0.6 is 15.9 Å². The largest absolute Gasteiger partial charge is 0.338 e. The minimum absolute atomic E-state index is 0.289. The van der Waals surface area contributed by atoms with Gasteiger partial charge in [-0.1, -0.05) is 30.3 Å². The maximum atomic E-state index is 11.6. The second-order valence-electron chi connectivity index (χ2n) is 5.05. The van der Waals surface area contributed by atoms with Gasteiger partial charge in [-0.2, -0.15) is 0 Å². The summed E-state index contributed by atoms with van der Waals surface area (Å²) in [7, 11) is 0. The SMILES string of the molecule is CCNC(=O)Nc1cc(-c2ncc(-c3ccccc3)[nH]2)c(Br)cn1. The fraction of sp³-hybridized carbons (Fsp3) is 0.118. The Kier molecular flexibility index (Phi) is 4.90. The highest BCUT2D eigenvalue weighted by Gasteiger charge is 2.11. The lowest BCUT2D eigenvalue weighted by molar-refractivity contribution is 0.252. The molecule has 3 rings (SSSR count). The third-order valence-electron chi connectivity index (χ3n) is 3.35. The first-order valence-corrected chi connectivity index (χ1v) is 8.28. The summed E-state index contributed by atoms with van der Waals surface area (Å²) in [6.07, 6.45) is 3.43. The predicted octanol–water partition coefficient (Wildman–Crippen LogP) is 4.04. The number of nitrogens with one attached hydrogen (secondary N) is 3. The average molecular weight is 386 g/mol. The van der Waals surface area contributed by atoms with Crippen molar-refractivity contribution in [2.75, 3.05) is 11.9 Å². The molecule has 2 heterocycles. The van der Waals surface area contributed by atoms with Crippen LogP contribution in [-0.4, -0.2) is 27.5 Å². The Morgan fingerprint density at radius 2 is 2.00 bits per heavy atom. The maximum absolute atomic E-state index is 11.6. The minimum Gasteiger partial charge on any atom is -0.338 e. The Morgan fingerprint density at radius 3 is 2.75 bits per heavy atom. The molecule has 0 spiro atoms. The van der Waals surface area contributed by atoms with Gasteiger partial charge in [0.05, 0.1) is 11.9 Å². The third-order valence-corrected chi connectivity index (χ3v) is 3.98. The Balaban J connectivity index is 1.89. The van der Waals surface area contributed by atoms with Gasteiger partial charge >= 0.3 is 6.03 Å². The van der Waals surface area contributed by atoms with E-state index in [0.717, 1.165) is 21.3 Å². The van der Waals surface area contributed by atoms with Crippen LogP contribution in [0.1, 0.15) is 6.92 Å². The molecule has 3 aromatic rings. The number of amides is 2. The van der Waals surface area contributed by atoms with E-state index in [0.29, 0.717) is 18.2 Å². The van der Waals surface area contributed by atoms with E-state index in [-0.39, 0.29) is 6.03 Å². The first kappa shape index (κ1) is 16.2. The molecule has 24 heavy (non-hydrogen) atoms. The van der Waals surface area contributed by atoms with Crippen LogP contribution in [0.15, 0.2) is 53.3 Å². The van der Waals surface area contributed by atoms with Gasteiger partial charge in [0.1, 0.15) is 11.6 Å². The first-order valence-electron chi connectivity index (χ1n) is 7.48. The van der Waals surface area contributed by atoms with Gasteiger partial charge in [-0.15, -0.1) is 0 Å². The normalized spacial score (nSPS) is 10.4. The van der Waals surface area contributed by atoms with Crippen molar-refractivity contribution < 1.29 is 4.79 Å². The molecule has 0 aliphatic carbocycles. The van der Waals surface area contributed by atoms with Crippen LogP contribution in [0.4, 0.5) is 10.6 Å². The van der Waals surface area contributed by atoms with Crippen molar-refractivity contribution in [3.8, 4) is 22.6 Å². The zero-order chi connectivity index (χ0) is 16.9. The maximum Gasteiger partial charge on any atom is 0.320 e. The van der Waals surface area contributed by atoms with E-state index in [1.54, 1.807) is 18.5 Å². The first-order chi connectivity index (χ1) is 11.7. The van der Waals surface area contributed by atoms with Crippen molar-refractivity contribution in [2.24, 2.45) is 0 Å². The summed E-state index contributed by atoms with van der Waals surface area (Å²) in [6, 6.07) is 11.4. The van der Waals surface area contributed by atoms with Gasteiger partial charge in [0.15, 0.2) is 0 Å². The van der Waals surface area contributed by atoms with Gasteiger partial charge in [-0.05, 0) is 34.5 Å². The number of anilines is 1. The number of benzene rings is 1. The van der Waals surface area contributed by atoms with E-state index in [9.17, 15) is 4.79 Å². The number of aromatic nitrogens is 3. The highest BCUT2D eigenvalue weighted by molar-refractivity contribution is 9.10. The van der Waals surface area contributed by atoms with Crippen LogP contribution < -0.4 is 10.6 Å². The average Bonchev–Trinajstić information content (AvgIpc) is 3.07. The van der Waals surface area contributed by atoms with Crippen molar-refractivity contribution in [2.45, 2.75) is 6.92 Å². The lowest BCUT2D eigenvalue weighted by Crippen LogP contribution is -2.28. The van der Waals surface area contributed by atoms with Crippen LogP contribution in [0.2, 0.25) is 0 Å². The van der Waals surface area contributed by atoms with Gasteiger partial charge < -0.3 is 10.3 Å². The van der Waals surface area contributed by atoms with Crippen LogP contribution in [0.5, 0.6) is 0 Å². The monoisotopic (exact) mass is 385 g/mol. The van der Waals surface area contributed by atoms with Crippen molar-refractivity contribution in [3.63, 3.8) is 0 Å². The van der Waals surface area contributed by atoms with Crippen LogP contribution in [0.25, 0.3) is 22.6 Å². The third kappa shape index (κ3) is 3.62. The summed E-state index contributed by atoms with van der Waals surface area (Å²) in [4.78, 5) is 23.6. The molecule has 2 amide bonds. The molecular formula is C17H16BrN5O. The summed E-state index contributed by atoms with van der Waals surface area (Å²) < 4.78 is 0.790. The lowest BCUT2D eigenvalue weighted by Gasteiger charge is -2.07. The molecule has 2 aromatic heterocycles. The predicted molar refractivity (Wildman–Crippen MR) is 97.7 cm³/mol. The molecule has 0 saturated heterocycles. The van der Waals surface area contributed by atoms with Gasteiger partial charge in [0.25, 0.3) is 0 Å². The number of H-pyrrole nitrogens is 1. The summed E-state index contributed by atoms with van der Waals surface area (Å²) in [5, 5.41) is 5.36. The van der Waals surface area contributed by atoms with E-state index in [1.807, 2.05) is 37.3 Å². The Bertz CT molecular complexity index is 847. The number of carbonyl (C=O) groups excluding carboxylic acids is 1. The Labute approximate surface area is 147 Å². The second-order valence-corrected chi connectivity index (χ2v) is 5.90. The number of halogens is 1. The molecule has 6 nitrogen and oxygen atoms in total. The zero-order valence-electron chi connectivity index (χ0n) is 13.0. The number of aromatic amines is 1. The molecule has 3 N–H and O–H groups in total. The smallest absolute Gasteiger partial charge is 0.320 e. The van der Waals surface area contributed by atoms with Gasteiger partial charge in [0.2, 0.25) is 0 Å². The molecule has 0 atom stereocenters. The molecule has 122 valence electrons. The number of carbonyl (C=O) groups is 1. The van der Waals surface area contributed by atoms with E-state index in [2.05, 4.69) is 41.5 Å². The summed E-state index contributed by atoms with van der Waals surface area (Å²) >= 11 is 3.48. The topological polar surface area (TPSA) is 82.7 Å². The molecular weight excluding hydrogens is 370 g/mol. The molecule has 0 fully saturated rings. The standard InChI is InChI=1S/C17H16BrN5O/c1-2-19-17(24)23-15-8-12(13(18)9-20-15)16-21-10-14(22-16)11-6-4-3-5-7-11/h3-10H,2H2,1H3,(H,21,22)(H2,19,20,23,24). The number of imidazole rings is 1. The number of nitrogens with zero attached hydrogens (tertiary/aromatic N) is 2. The highest BCUT2D eigenvalue weighted by Crippen LogP contribution is 2.29. The number of rotatable bonds is 4. The van der Waals surface area contributed by atoms with Crippen molar-refractivity contribution in [1.29, 1.82) is 0 Å². The summed E-state index contributed by atoms with van der Waals surface area (Å²) in [5.41, 5.74) is 2.80. The second kappa shape index (κ2) is 7.27. The number of urea groups is 1. The minimum atomic E-state index is -0.289. The molecule has 0 aliphatic heterocycles. The quantitative estimate of drug-likeness (QED) is 0.633. The number of hydrogen-bond acceptors (Lipinski definition) is 3.